The van der Waals surface area contributed by atoms with Crippen molar-refractivity contribution in [2.45, 2.75) is 47.6 Å². The van der Waals surface area contributed by atoms with Crippen LogP contribution >= 0.6 is 11.8 Å². The van der Waals surface area contributed by atoms with Crippen LogP contribution in [0.4, 0.5) is 11.4 Å². The van der Waals surface area contributed by atoms with E-state index in [1.165, 1.54) is 23.9 Å². The number of sulfonamides is 1. The lowest BCUT2D eigenvalue weighted by Crippen LogP contribution is -2.45. The van der Waals surface area contributed by atoms with Crippen LogP contribution in [0.25, 0.3) is 0 Å². The molecule has 2 amide bonds. The first-order chi connectivity index (χ1) is 14.8. The van der Waals surface area contributed by atoms with Crippen LogP contribution in [0.15, 0.2) is 52.3 Å². The zero-order chi connectivity index (χ0) is 22.0. The second-order valence-corrected chi connectivity index (χ2v) is 10.7. The van der Waals surface area contributed by atoms with E-state index in [0.717, 1.165) is 31.2 Å². The van der Waals surface area contributed by atoms with Gasteiger partial charge < -0.3 is 10.2 Å². The quantitative estimate of drug-likeness (QED) is 0.681. The summed E-state index contributed by atoms with van der Waals surface area (Å²) < 4.78 is 28.1. The Bertz CT molecular complexity index is 1090. The van der Waals surface area contributed by atoms with E-state index in [9.17, 15) is 18.0 Å². The summed E-state index contributed by atoms with van der Waals surface area (Å²) in [6.45, 7) is 3.28. The van der Waals surface area contributed by atoms with Crippen LogP contribution in [0.2, 0.25) is 0 Å². The number of amides is 2. The zero-order valence-corrected chi connectivity index (χ0v) is 18.9. The van der Waals surface area contributed by atoms with Crippen LogP contribution in [0.3, 0.4) is 0 Å². The molecule has 0 spiro atoms. The molecule has 1 saturated heterocycles. The van der Waals surface area contributed by atoms with Gasteiger partial charge in [-0.05, 0) is 50.1 Å². The van der Waals surface area contributed by atoms with E-state index in [-0.39, 0.29) is 10.8 Å². The Morgan fingerprint density at radius 3 is 2.42 bits per heavy atom. The number of likely N-dealkylation sites (tertiary alicyclic amines) is 1. The number of hydrogen-bond donors (Lipinski definition) is 2. The highest BCUT2D eigenvalue weighted by molar-refractivity contribution is 8.01. The fraction of sp³-hybridized carbons (Fsp3) is 0.364. The van der Waals surface area contributed by atoms with Gasteiger partial charge in [0.15, 0.2) is 5.25 Å². The first kappa shape index (κ1) is 21.7. The van der Waals surface area contributed by atoms with Gasteiger partial charge in [-0.25, -0.2) is 8.42 Å². The number of fused-ring (bicyclic) bond motifs is 1. The van der Waals surface area contributed by atoms with Crippen molar-refractivity contribution in [1.82, 2.24) is 4.90 Å². The number of anilines is 2. The average Bonchev–Trinajstić information content (AvgIpc) is 3.03. The highest BCUT2D eigenvalue weighted by Gasteiger charge is 2.36. The van der Waals surface area contributed by atoms with Gasteiger partial charge in [-0.2, -0.15) is 0 Å². The SMILES string of the molecule is Cc1ccc(NS(=O)(=O)c2ccc3c(c2)NC(=O)[C@H](C(=O)N2CCCCCC2)S3)cc1. The van der Waals surface area contributed by atoms with E-state index in [4.69, 9.17) is 0 Å². The van der Waals surface area contributed by atoms with Crippen LogP contribution in [-0.4, -0.2) is 43.5 Å². The average molecular weight is 460 g/mol. The number of benzene rings is 2. The number of thioether (sulfide) groups is 1. The predicted molar refractivity (Wildman–Crippen MR) is 122 cm³/mol. The van der Waals surface area contributed by atoms with Crippen molar-refractivity contribution in [3.8, 4) is 0 Å². The number of carbonyl (C=O) groups excluding carboxylic acids is 2. The number of nitrogens with zero attached hydrogens (tertiary/aromatic N) is 1. The summed E-state index contributed by atoms with van der Waals surface area (Å²) in [6.07, 6.45) is 4.11. The minimum absolute atomic E-state index is 0.0463. The highest BCUT2D eigenvalue weighted by Crippen LogP contribution is 2.38. The lowest BCUT2D eigenvalue weighted by Gasteiger charge is -2.28. The molecule has 0 radical (unpaired) electrons. The van der Waals surface area contributed by atoms with Crippen LogP contribution in [-0.2, 0) is 19.6 Å². The van der Waals surface area contributed by atoms with Crippen molar-refractivity contribution in [1.29, 1.82) is 0 Å². The second-order valence-electron chi connectivity index (χ2n) is 7.86. The van der Waals surface area contributed by atoms with Gasteiger partial charge in [-0.1, -0.05) is 30.5 Å². The molecular formula is C22H25N3O4S2. The van der Waals surface area contributed by atoms with Crippen LogP contribution in [0, 0.1) is 6.92 Å². The van der Waals surface area contributed by atoms with Gasteiger partial charge in [0.25, 0.3) is 10.0 Å². The van der Waals surface area contributed by atoms with Gasteiger partial charge in [-0.3, -0.25) is 14.3 Å². The maximum atomic E-state index is 12.9. The van der Waals surface area contributed by atoms with Crippen molar-refractivity contribution >= 4 is 45.0 Å². The largest absolute Gasteiger partial charge is 0.341 e. The predicted octanol–water partition coefficient (Wildman–Crippen LogP) is 3.61. The molecule has 1 fully saturated rings. The fourth-order valence-electron chi connectivity index (χ4n) is 3.71. The molecule has 4 rings (SSSR count). The second kappa shape index (κ2) is 8.92. The number of aryl methyl sites for hydroxylation is 1. The minimum atomic E-state index is -3.81. The van der Waals surface area contributed by atoms with E-state index in [0.29, 0.717) is 29.4 Å². The van der Waals surface area contributed by atoms with E-state index in [1.54, 1.807) is 23.1 Å². The number of carbonyl (C=O) groups is 2. The Labute approximate surface area is 186 Å². The molecule has 2 aliphatic heterocycles. The molecule has 0 aromatic heterocycles. The van der Waals surface area contributed by atoms with Gasteiger partial charge in [0.1, 0.15) is 0 Å². The molecule has 31 heavy (non-hydrogen) atoms. The third kappa shape index (κ3) is 4.88. The third-order valence-electron chi connectivity index (χ3n) is 5.45. The molecule has 0 saturated carbocycles. The molecule has 1 atom stereocenters. The molecule has 9 heteroatoms. The summed E-state index contributed by atoms with van der Waals surface area (Å²) >= 11 is 1.18. The van der Waals surface area contributed by atoms with Crippen molar-refractivity contribution < 1.29 is 18.0 Å². The first-order valence-electron chi connectivity index (χ1n) is 10.3. The maximum absolute atomic E-state index is 12.9. The van der Waals surface area contributed by atoms with Gasteiger partial charge in [-0.15, -0.1) is 11.8 Å². The Kier molecular flexibility index (Phi) is 6.24. The molecule has 0 aliphatic carbocycles. The summed E-state index contributed by atoms with van der Waals surface area (Å²) in [5.41, 5.74) is 1.90. The lowest BCUT2D eigenvalue weighted by atomic mass is 10.2. The molecule has 2 N–H and O–H groups in total. The van der Waals surface area contributed by atoms with E-state index < -0.39 is 21.2 Å². The van der Waals surface area contributed by atoms with E-state index in [2.05, 4.69) is 10.0 Å². The molecule has 164 valence electrons. The Morgan fingerprint density at radius 2 is 1.74 bits per heavy atom. The maximum Gasteiger partial charge on any atom is 0.261 e. The topological polar surface area (TPSA) is 95.6 Å². The van der Waals surface area contributed by atoms with Gasteiger partial charge in [0.2, 0.25) is 11.8 Å². The van der Waals surface area contributed by atoms with Gasteiger partial charge in [0.05, 0.1) is 10.6 Å². The summed E-state index contributed by atoms with van der Waals surface area (Å²) in [5.74, 6) is -0.583. The first-order valence-corrected chi connectivity index (χ1v) is 12.7. The van der Waals surface area contributed by atoms with Crippen LogP contribution < -0.4 is 10.0 Å². The molecule has 2 aliphatic rings. The van der Waals surface area contributed by atoms with Crippen LogP contribution in [0.5, 0.6) is 0 Å². The molecule has 2 aromatic carbocycles. The summed E-state index contributed by atoms with van der Waals surface area (Å²) in [6, 6.07) is 11.6. The van der Waals surface area contributed by atoms with Crippen molar-refractivity contribution in [3.63, 3.8) is 0 Å². The normalized spacial score (nSPS) is 19.2. The number of nitrogens with one attached hydrogen (secondary N) is 2. The Morgan fingerprint density at radius 1 is 1.06 bits per heavy atom. The van der Waals surface area contributed by atoms with Crippen molar-refractivity contribution in [2.24, 2.45) is 0 Å². The lowest BCUT2D eigenvalue weighted by molar-refractivity contribution is -0.133. The third-order valence-corrected chi connectivity index (χ3v) is 8.09. The van der Waals surface area contributed by atoms with Crippen molar-refractivity contribution in [3.05, 3.63) is 48.0 Å². The zero-order valence-electron chi connectivity index (χ0n) is 17.3. The Balaban J connectivity index is 1.52. The van der Waals surface area contributed by atoms with Crippen LogP contribution in [0.1, 0.15) is 31.2 Å². The molecule has 2 aromatic rings. The molecular weight excluding hydrogens is 434 g/mol. The fourth-order valence-corrected chi connectivity index (χ4v) is 5.85. The van der Waals surface area contributed by atoms with Gasteiger partial charge >= 0.3 is 0 Å². The standard InChI is InChI=1S/C22H25N3O4S2/c1-15-6-8-16(9-7-15)24-31(28,29)17-10-11-19-18(14-17)23-21(26)20(30-19)22(27)25-12-4-2-3-5-13-25/h6-11,14,20,24H,2-5,12-13H2,1H3,(H,23,26)/t20-/m1/s1. The van der Waals surface area contributed by atoms with Gasteiger partial charge in [0, 0.05) is 23.7 Å². The monoisotopic (exact) mass is 459 g/mol. The molecule has 2 heterocycles. The smallest absolute Gasteiger partial charge is 0.261 e. The summed E-state index contributed by atoms with van der Waals surface area (Å²) in [4.78, 5) is 28.1. The summed E-state index contributed by atoms with van der Waals surface area (Å²) in [7, 11) is -3.81. The number of rotatable bonds is 4. The molecule has 7 nitrogen and oxygen atoms in total. The Hall–Kier alpha value is -2.52. The molecule has 0 bridgehead atoms. The molecule has 0 unspecified atom stereocenters. The summed E-state index contributed by atoms with van der Waals surface area (Å²) in [5, 5.41) is 1.88. The number of hydrogen-bond acceptors (Lipinski definition) is 5. The highest BCUT2D eigenvalue weighted by atomic mass is 32.2. The minimum Gasteiger partial charge on any atom is -0.341 e. The van der Waals surface area contributed by atoms with E-state index >= 15 is 0 Å². The van der Waals surface area contributed by atoms with Crippen molar-refractivity contribution in [2.75, 3.05) is 23.1 Å². The van der Waals surface area contributed by atoms with E-state index in [1.807, 2.05) is 19.1 Å².